The quantitative estimate of drug-likeness (QED) is 0.494. The van der Waals surface area contributed by atoms with Crippen molar-refractivity contribution in [2.45, 2.75) is 0 Å². The SMILES string of the molecule is COc1ccc(C=O)cc1Oc1c(F)c(F)nc(F)c1F. The number of nitrogens with zero attached hydrogens (tertiary/aromatic N) is 1. The van der Waals surface area contributed by atoms with E-state index in [0.717, 1.165) is 6.07 Å². The van der Waals surface area contributed by atoms with Gasteiger partial charge in [-0.1, -0.05) is 0 Å². The Morgan fingerprint density at radius 1 is 1.05 bits per heavy atom. The summed E-state index contributed by atoms with van der Waals surface area (Å²) in [5, 5.41) is 0. The third kappa shape index (κ3) is 2.78. The van der Waals surface area contributed by atoms with Gasteiger partial charge in [0.2, 0.25) is 17.4 Å². The number of rotatable bonds is 4. The zero-order valence-corrected chi connectivity index (χ0v) is 10.5. The van der Waals surface area contributed by atoms with Crippen molar-refractivity contribution in [1.29, 1.82) is 0 Å². The van der Waals surface area contributed by atoms with Gasteiger partial charge in [-0.25, -0.2) is 0 Å². The molecule has 2 rings (SSSR count). The fourth-order valence-corrected chi connectivity index (χ4v) is 1.51. The minimum atomic E-state index is -1.85. The Morgan fingerprint density at radius 3 is 2.19 bits per heavy atom. The van der Waals surface area contributed by atoms with Crippen LogP contribution in [0.5, 0.6) is 17.2 Å². The van der Waals surface area contributed by atoms with Crippen molar-refractivity contribution in [3.8, 4) is 17.2 Å². The van der Waals surface area contributed by atoms with Crippen LogP contribution in [0.4, 0.5) is 17.6 Å². The Labute approximate surface area is 115 Å². The van der Waals surface area contributed by atoms with E-state index in [1.807, 2.05) is 0 Å². The molecule has 8 heteroatoms. The molecule has 0 saturated carbocycles. The summed E-state index contributed by atoms with van der Waals surface area (Å²) in [5.74, 6) is -8.90. The number of methoxy groups -OCH3 is 1. The summed E-state index contributed by atoms with van der Waals surface area (Å²) in [4.78, 5) is 13.1. The van der Waals surface area contributed by atoms with Gasteiger partial charge in [0.25, 0.3) is 11.9 Å². The van der Waals surface area contributed by atoms with Gasteiger partial charge >= 0.3 is 0 Å². The van der Waals surface area contributed by atoms with Crippen LogP contribution in [-0.4, -0.2) is 18.4 Å². The lowest BCUT2D eigenvalue weighted by Gasteiger charge is -2.12. The molecule has 2 aromatic rings. The average molecular weight is 301 g/mol. The number of aromatic nitrogens is 1. The maximum absolute atomic E-state index is 13.5. The molecule has 1 heterocycles. The minimum Gasteiger partial charge on any atom is -0.493 e. The van der Waals surface area contributed by atoms with Crippen LogP contribution in [0.25, 0.3) is 0 Å². The van der Waals surface area contributed by atoms with Crippen molar-refractivity contribution in [1.82, 2.24) is 4.98 Å². The van der Waals surface area contributed by atoms with Gasteiger partial charge < -0.3 is 9.47 Å². The van der Waals surface area contributed by atoms with Gasteiger partial charge in [0.05, 0.1) is 7.11 Å². The normalized spacial score (nSPS) is 10.3. The number of halogens is 4. The van der Waals surface area contributed by atoms with Crippen molar-refractivity contribution in [3.63, 3.8) is 0 Å². The molecular formula is C13H7F4NO3. The van der Waals surface area contributed by atoms with Crippen LogP contribution >= 0.6 is 0 Å². The highest BCUT2D eigenvalue weighted by molar-refractivity contribution is 5.76. The molecule has 0 amide bonds. The number of carbonyl (C=O) groups is 1. The van der Waals surface area contributed by atoms with Crippen LogP contribution in [-0.2, 0) is 0 Å². The minimum absolute atomic E-state index is 0.0111. The lowest BCUT2D eigenvalue weighted by molar-refractivity contribution is 0.112. The van der Waals surface area contributed by atoms with E-state index in [9.17, 15) is 22.4 Å². The van der Waals surface area contributed by atoms with Crippen molar-refractivity contribution < 1.29 is 31.8 Å². The molecule has 0 fully saturated rings. The Morgan fingerprint density at radius 2 is 1.67 bits per heavy atom. The molecule has 0 unspecified atom stereocenters. The highest BCUT2D eigenvalue weighted by atomic mass is 19.2. The van der Waals surface area contributed by atoms with Gasteiger partial charge in [-0.2, -0.15) is 22.5 Å². The average Bonchev–Trinajstić information content (AvgIpc) is 2.49. The van der Waals surface area contributed by atoms with Crippen LogP contribution in [0.1, 0.15) is 10.4 Å². The number of benzene rings is 1. The third-order valence-corrected chi connectivity index (χ3v) is 2.49. The number of carbonyl (C=O) groups excluding carboxylic acids is 1. The summed E-state index contributed by atoms with van der Waals surface area (Å²) in [5.41, 5.74) is 0.113. The summed E-state index contributed by atoms with van der Waals surface area (Å²) in [6, 6.07) is 3.75. The van der Waals surface area contributed by atoms with E-state index in [1.165, 1.54) is 19.2 Å². The van der Waals surface area contributed by atoms with Gasteiger partial charge in [0.1, 0.15) is 6.29 Å². The summed E-state index contributed by atoms with van der Waals surface area (Å²) in [6.07, 6.45) is 0.451. The number of hydrogen-bond donors (Lipinski definition) is 0. The fraction of sp³-hybridized carbons (Fsp3) is 0.0769. The zero-order valence-electron chi connectivity index (χ0n) is 10.5. The van der Waals surface area contributed by atoms with Crippen molar-refractivity contribution in [2.75, 3.05) is 7.11 Å². The predicted octanol–water partition coefficient (Wildman–Crippen LogP) is 3.25. The molecule has 0 aliphatic heterocycles. The fourth-order valence-electron chi connectivity index (χ4n) is 1.51. The van der Waals surface area contributed by atoms with E-state index in [-0.39, 0.29) is 17.1 Å². The lowest BCUT2D eigenvalue weighted by Crippen LogP contribution is -2.04. The van der Waals surface area contributed by atoms with Gasteiger partial charge in [-0.15, -0.1) is 0 Å². The number of aldehydes is 1. The molecule has 0 N–H and O–H groups in total. The van der Waals surface area contributed by atoms with E-state index in [1.54, 1.807) is 0 Å². The largest absolute Gasteiger partial charge is 0.493 e. The van der Waals surface area contributed by atoms with E-state index in [0.29, 0.717) is 6.29 Å². The second kappa shape index (κ2) is 5.78. The van der Waals surface area contributed by atoms with Crippen molar-refractivity contribution in [3.05, 3.63) is 47.3 Å². The zero-order chi connectivity index (χ0) is 15.6. The third-order valence-electron chi connectivity index (χ3n) is 2.49. The number of ether oxygens (including phenoxy) is 2. The van der Waals surface area contributed by atoms with Gasteiger partial charge in [0, 0.05) is 5.56 Å². The topological polar surface area (TPSA) is 48.4 Å². The lowest BCUT2D eigenvalue weighted by atomic mass is 10.2. The monoisotopic (exact) mass is 301 g/mol. The predicted molar refractivity (Wildman–Crippen MR) is 62.5 cm³/mol. The van der Waals surface area contributed by atoms with Gasteiger partial charge in [-0.05, 0) is 18.2 Å². The standard InChI is InChI=1S/C13H7F4NO3/c1-20-7-3-2-6(5-19)4-8(7)21-11-9(14)12(16)18-13(17)10(11)15/h2-5H,1H3. The molecule has 0 aliphatic carbocycles. The van der Waals surface area contributed by atoms with E-state index >= 15 is 0 Å². The Kier molecular flexibility index (Phi) is 4.06. The first-order valence-electron chi connectivity index (χ1n) is 5.49. The first-order valence-corrected chi connectivity index (χ1v) is 5.49. The first-order chi connectivity index (χ1) is 9.97. The van der Waals surface area contributed by atoms with Crippen LogP contribution in [0.15, 0.2) is 18.2 Å². The smallest absolute Gasteiger partial charge is 0.255 e. The number of pyridine rings is 1. The molecule has 0 radical (unpaired) electrons. The Hall–Kier alpha value is -2.64. The second-order valence-corrected chi connectivity index (χ2v) is 3.78. The van der Waals surface area contributed by atoms with E-state index in [4.69, 9.17) is 9.47 Å². The summed E-state index contributed by atoms with van der Waals surface area (Å²) < 4.78 is 62.6. The highest BCUT2D eigenvalue weighted by Crippen LogP contribution is 2.35. The van der Waals surface area contributed by atoms with E-state index in [2.05, 4.69) is 4.98 Å². The van der Waals surface area contributed by atoms with Crippen molar-refractivity contribution >= 4 is 6.29 Å². The van der Waals surface area contributed by atoms with Crippen LogP contribution in [0, 0.1) is 23.5 Å². The molecule has 0 saturated heterocycles. The molecule has 0 spiro atoms. The molecule has 21 heavy (non-hydrogen) atoms. The van der Waals surface area contributed by atoms with Gasteiger partial charge in [0.15, 0.2) is 11.5 Å². The molecule has 0 aliphatic rings. The summed E-state index contributed by atoms with van der Waals surface area (Å²) >= 11 is 0. The molecule has 4 nitrogen and oxygen atoms in total. The maximum atomic E-state index is 13.5. The van der Waals surface area contributed by atoms with Crippen LogP contribution < -0.4 is 9.47 Å². The van der Waals surface area contributed by atoms with Gasteiger partial charge in [-0.3, -0.25) is 4.79 Å². The Bertz CT molecular complexity index is 680. The summed E-state index contributed by atoms with van der Waals surface area (Å²) in [7, 11) is 1.24. The Balaban J connectivity index is 2.54. The second-order valence-electron chi connectivity index (χ2n) is 3.78. The molecule has 1 aromatic carbocycles. The van der Waals surface area contributed by atoms with Crippen LogP contribution in [0.3, 0.4) is 0 Å². The summed E-state index contributed by atoms with van der Waals surface area (Å²) in [6.45, 7) is 0. The molecule has 0 atom stereocenters. The van der Waals surface area contributed by atoms with Crippen LogP contribution in [0.2, 0.25) is 0 Å². The van der Waals surface area contributed by atoms with Crippen molar-refractivity contribution in [2.24, 2.45) is 0 Å². The van der Waals surface area contributed by atoms with E-state index < -0.39 is 29.3 Å². The first kappa shape index (κ1) is 14.8. The molecule has 1 aromatic heterocycles. The number of hydrogen-bond acceptors (Lipinski definition) is 4. The molecule has 110 valence electrons. The highest BCUT2D eigenvalue weighted by Gasteiger charge is 2.24. The molecule has 0 bridgehead atoms. The maximum Gasteiger partial charge on any atom is 0.255 e. The molecular weight excluding hydrogens is 294 g/mol.